The Morgan fingerprint density at radius 1 is 0.571 bits per heavy atom. The minimum absolute atomic E-state index is 0.703. The van der Waals surface area contributed by atoms with E-state index in [1.54, 1.807) is 0 Å². The molecule has 21 heavy (non-hydrogen) atoms. The summed E-state index contributed by atoms with van der Waals surface area (Å²) in [7, 11) is 0. The van der Waals surface area contributed by atoms with Crippen LogP contribution in [0.2, 0.25) is 0 Å². The lowest BCUT2D eigenvalue weighted by Crippen LogP contribution is -2.00. The molecule has 0 bridgehead atoms. The van der Waals surface area contributed by atoms with Gasteiger partial charge in [0, 0.05) is 6.42 Å². The fourth-order valence-electron chi connectivity index (χ4n) is 2.31. The highest BCUT2D eigenvalue weighted by molar-refractivity contribution is 5.63. The van der Waals surface area contributed by atoms with Crippen molar-refractivity contribution in [2.45, 2.75) is 6.42 Å². The molecule has 0 heterocycles. The summed E-state index contributed by atoms with van der Waals surface area (Å²) in [6.07, 6.45) is 0.932. The summed E-state index contributed by atoms with van der Waals surface area (Å²) in [5.41, 5.74) is 3.75. The standard InChI is InChI=1S/C20H18O/c1-3-7-17(8-4-1)15-16-21-20-13-11-19(12-14-20)18-9-5-2-6-10-18/h1-14H,15-16H2. The second-order valence-corrected chi connectivity index (χ2v) is 4.97. The van der Waals surface area contributed by atoms with Gasteiger partial charge in [0.25, 0.3) is 0 Å². The molecule has 0 aliphatic heterocycles. The molecule has 0 unspecified atom stereocenters. The third kappa shape index (κ3) is 3.73. The van der Waals surface area contributed by atoms with Crippen LogP contribution in [0, 0.1) is 0 Å². The van der Waals surface area contributed by atoms with Crippen molar-refractivity contribution in [3.63, 3.8) is 0 Å². The molecule has 0 saturated carbocycles. The second-order valence-electron chi connectivity index (χ2n) is 4.97. The summed E-state index contributed by atoms with van der Waals surface area (Å²) in [6.45, 7) is 0.703. The Morgan fingerprint density at radius 2 is 1.14 bits per heavy atom. The van der Waals surface area contributed by atoms with Gasteiger partial charge >= 0.3 is 0 Å². The van der Waals surface area contributed by atoms with E-state index >= 15 is 0 Å². The van der Waals surface area contributed by atoms with Crippen LogP contribution in [0.4, 0.5) is 0 Å². The molecule has 104 valence electrons. The van der Waals surface area contributed by atoms with Crippen LogP contribution in [0.3, 0.4) is 0 Å². The molecule has 0 N–H and O–H groups in total. The number of rotatable bonds is 5. The van der Waals surface area contributed by atoms with Gasteiger partial charge in [-0.15, -0.1) is 0 Å². The molecule has 0 saturated heterocycles. The predicted molar refractivity (Wildman–Crippen MR) is 87.5 cm³/mol. The average Bonchev–Trinajstić information content (AvgIpc) is 2.57. The Morgan fingerprint density at radius 3 is 1.81 bits per heavy atom. The Balaban J connectivity index is 1.58. The van der Waals surface area contributed by atoms with Gasteiger partial charge in [-0.05, 0) is 28.8 Å². The number of hydrogen-bond acceptors (Lipinski definition) is 1. The van der Waals surface area contributed by atoms with Crippen molar-refractivity contribution in [3.8, 4) is 16.9 Å². The van der Waals surface area contributed by atoms with Gasteiger partial charge in [-0.3, -0.25) is 0 Å². The van der Waals surface area contributed by atoms with Gasteiger partial charge in [-0.25, -0.2) is 0 Å². The first-order chi connectivity index (χ1) is 10.4. The van der Waals surface area contributed by atoms with Gasteiger partial charge < -0.3 is 4.74 Å². The second kappa shape index (κ2) is 6.76. The van der Waals surface area contributed by atoms with E-state index in [2.05, 4.69) is 60.7 Å². The molecule has 1 heteroatoms. The van der Waals surface area contributed by atoms with Gasteiger partial charge in [0.15, 0.2) is 0 Å². The lowest BCUT2D eigenvalue weighted by atomic mass is 10.1. The number of hydrogen-bond donors (Lipinski definition) is 0. The highest BCUT2D eigenvalue weighted by Gasteiger charge is 1.98. The molecule has 0 aliphatic carbocycles. The zero-order valence-electron chi connectivity index (χ0n) is 11.9. The van der Waals surface area contributed by atoms with Crippen molar-refractivity contribution >= 4 is 0 Å². The zero-order valence-corrected chi connectivity index (χ0v) is 11.9. The van der Waals surface area contributed by atoms with Crippen LogP contribution in [-0.4, -0.2) is 6.61 Å². The first kappa shape index (κ1) is 13.4. The minimum Gasteiger partial charge on any atom is -0.493 e. The Bertz CT molecular complexity index is 657. The Labute approximate surface area is 125 Å². The molecular formula is C20H18O. The average molecular weight is 274 g/mol. The summed E-state index contributed by atoms with van der Waals surface area (Å²) < 4.78 is 5.80. The Kier molecular flexibility index (Phi) is 4.33. The van der Waals surface area contributed by atoms with E-state index < -0.39 is 0 Å². The normalized spacial score (nSPS) is 10.3. The van der Waals surface area contributed by atoms with Crippen LogP contribution in [0.25, 0.3) is 11.1 Å². The topological polar surface area (TPSA) is 9.23 Å². The minimum atomic E-state index is 0.703. The third-order valence-electron chi connectivity index (χ3n) is 3.46. The highest BCUT2D eigenvalue weighted by Crippen LogP contribution is 2.22. The SMILES string of the molecule is c1ccc(CCOc2ccc(-c3ccccc3)cc2)cc1. The maximum Gasteiger partial charge on any atom is 0.119 e. The van der Waals surface area contributed by atoms with E-state index in [-0.39, 0.29) is 0 Å². The van der Waals surface area contributed by atoms with Gasteiger partial charge in [0.2, 0.25) is 0 Å². The van der Waals surface area contributed by atoms with Crippen molar-refractivity contribution in [1.29, 1.82) is 0 Å². The lowest BCUT2D eigenvalue weighted by molar-refractivity contribution is 0.322. The van der Waals surface area contributed by atoms with Crippen LogP contribution >= 0.6 is 0 Å². The van der Waals surface area contributed by atoms with Crippen molar-refractivity contribution in [1.82, 2.24) is 0 Å². The van der Waals surface area contributed by atoms with E-state index in [9.17, 15) is 0 Å². The summed E-state index contributed by atoms with van der Waals surface area (Å²) in [4.78, 5) is 0. The molecule has 0 fully saturated rings. The smallest absolute Gasteiger partial charge is 0.119 e. The summed E-state index contributed by atoms with van der Waals surface area (Å²) in [6, 6.07) is 29.1. The number of benzene rings is 3. The maximum absolute atomic E-state index is 5.80. The third-order valence-corrected chi connectivity index (χ3v) is 3.46. The highest BCUT2D eigenvalue weighted by atomic mass is 16.5. The largest absolute Gasteiger partial charge is 0.493 e. The molecule has 1 nitrogen and oxygen atoms in total. The quantitative estimate of drug-likeness (QED) is 0.638. The predicted octanol–water partition coefficient (Wildman–Crippen LogP) is 4.98. The zero-order chi connectivity index (χ0) is 14.3. The van der Waals surface area contributed by atoms with E-state index in [1.807, 2.05) is 24.3 Å². The molecule has 0 aromatic heterocycles. The van der Waals surface area contributed by atoms with Crippen molar-refractivity contribution in [2.24, 2.45) is 0 Å². The lowest BCUT2D eigenvalue weighted by Gasteiger charge is -2.07. The fourth-order valence-corrected chi connectivity index (χ4v) is 2.31. The molecule has 0 amide bonds. The molecule has 0 atom stereocenters. The number of ether oxygens (including phenoxy) is 1. The maximum atomic E-state index is 5.80. The van der Waals surface area contributed by atoms with Crippen molar-refractivity contribution in [2.75, 3.05) is 6.61 Å². The van der Waals surface area contributed by atoms with Crippen LogP contribution in [-0.2, 0) is 6.42 Å². The van der Waals surface area contributed by atoms with Gasteiger partial charge in [0.1, 0.15) is 5.75 Å². The van der Waals surface area contributed by atoms with Gasteiger partial charge in [-0.1, -0.05) is 72.8 Å². The van der Waals surface area contributed by atoms with Crippen molar-refractivity contribution in [3.05, 3.63) is 90.5 Å². The molecule has 3 rings (SSSR count). The van der Waals surface area contributed by atoms with Gasteiger partial charge in [0.05, 0.1) is 6.61 Å². The van der Waals surface area contributed by atoms with E-state index in [0.29, 0.717) is 6.61 Å². The van der Waals surface area contributed by atoms with E-state index in [4.69, 9.17) is 4.74 Å². The van der Waals surface area contributed by atoms with Crippen LogP contribution < -0.4 is 4.74 Å². The van der Waals surface area contributed by atoms with Crippen molar-refractivity contribution < 1.29 is 4.74 Å². The van der Waals surface area contributed by atoms with Crippen LogP contribution in [0.1, 0.15) is 5.56 Å². The van der Waals surface area contributed by atoms with Gasteiger partial charge in [-0.2, -0.15) is 0 Å². The summed E-state index contributed by atoms with van der Waals surface area (Å²) >= 11 is 0. The molecule has 3 aromatic rings. The first-order valence-corrected chi connectivity index (χ1v) is 7.24. The summed E-state index contributed by atoms with van der Waals surface area (Å²) in [5, 5.41) is 0. The monoisotopic (exact) mass is 274 g/mol. The first-order valence-electron chi connectivity index (χ1n) is 7.24. The van der Waals surface area contributed by atoms with E-state index in [0.717, 1.165) is 12.2 Å². The summed E-state index contributed by atoms with van der Waals surface area (Å²) in [5.74, 6) is 0.922. The van der Waals surface area contributed by atoms with Crippen LogP contribution in [0.15, 0.2) is 84.9 Å². The van der Waals surface area contributed by atoms with Crippen LogP contribution in [0.5, 0.6) is 5.75 Å². The molecule has 3 aromatic carbocycles. The molecule has 0 aliphatic rings. The molecule has 0 spiro atoms. The van der Waals surface area contributed by atoms with E-state index in [1.165, 1.54) is 16.7 Å². The molecular weight excluding hydrogens is 256 g/mol. The molecule has 0 radical (unpaired) electrons. The Hall–Kier alpha value is -2.54. The fraction of sp³-hybridized carbons (Fsp3) is 0.100.